The first-order valence-electron chi connectivity index (χ1n) is 10.6. The molecule has 30 heavy (non-hydrogen) atoms. The lowest BCUT2D eigenvalue weighted by Crippen LogP contribution is -2.64. The number of likely N-dealkylation sites (tertiary alicyclic amines) is 1. The lowest BCUT2D eigenvalue weighted by atomic mass is 9.79. The van der Waals surface area contributed by atoms with Crippen LogP contribution in [0.5, 0.6) is 0 Å². The number of piperidine rings is 1. The summed E-state index contributed by atoms with van der Waals surface area (Å²) in [5, 5.41) is 17.2. The smallest absolute Gasteiger partial charge is 0.318 e. The van der Waals surface area contributed by atoms with Crippen molar-refractivity contribution < 1.29 is 14.7 Å². The van der Waals surface area contributed by atoms with Crippen LogP contribution in [0, 0.1) is 5.92 Å². The lowest BCUT2D eigenvalue weighted by molar-refractivity contribution is -0.128. The van der Waals surface area contributed by atoms with Gasteiger partial charge in [0.25, 0.3) is 0 Å². The van der Waals surface area contributed by atoms with Gasteiger partial charge in [0.15, 0.2) is 0 Å². The van der Waals surface area contributed by atoms with Crippen molar-refractivity contribution in [2.75, 3.05) is 6.54 Å². The van der Waals surface area contributed by atoms with Crippen molar-refractivity contribution in [2.45, 2.75) is 50.4 Å². The van der Waals surface area contributed by atoms with E-state index in [1.54, 1.807) is 11.8 Å². The summed E-state index contributed by atoms with van der Waals surface area (Å²) < 4.78 is 0. The molecule has 3 N–H and O–H groups in total. The van der Waals surface area contributed by atoms with E-state index in [4.69, 9.17) is 0 Å². The quantitative estimate of drug-likeness (QED) is 0.713. The zero-order chi connectivity index (χ0) is 21.1. The number of carbonyl (C=O) groups excluding carboxylic acids is 2. The number of carbonyl (C=O) groups is 2. The van der Waals surface area contributed by atoms with Crippen LogP contribution in [-0.2, 0) is 11.3 Å². The topological polar surface area (TPSA) is 81.7 Å². The van der Waals surface area contributed by atoms with Gasteiger partial charge in [-0.15, -0.1) is 0 Å². The molecule has 0 aromatic heterocycles. The van der Waals surface area contributed by atoms with Crippen molar-refractivity contribution in [3.05, 3.63) is 71.8 Å². The fraction of sp³-hybridized carbons (Fsp3) is 0.417. The summed E-state index contributed by atoms with van der Waals surface area (Å²) in [6.07, 6.45) is 2.17. The molecule has 0 radical (unpaired) electrons. The highest BCUT2D eigenvalue weighted by molar-refractivity contribution is 5.82. The molecule has 3 atom stereocenters. The Kier molecular flexibility index (Phi) is 5.77. The number of nitrogens with one attached hydrogen (secondary N) is 2. The molecule has 1 saturated carbocycles. The third-order valence-electron chi connectivity index (χ3n) is 6.11. The molecule has 1 aliphatic heterocycles. The van der Waals surface area contributed by atoms with Crippen LogP contribution < -0.4 is 10.6 Å². The summed E-state index contributed by atoms with van der Waals surface area (Å²) in [6.45, 7) is 2.58. The zero-order valence-corrected chi connectivity index (χ0v) is 17.3. The fourth-order valence-corrected chi connectivity index (χ4v) is 4.14. The Bertz CT molecular complexity index is 881. The Balaban J connectivity index is 1.59. The van der Waals surface area contributed by atoms with Gasteiger partial charge in [0.05, 0.1) is 17.7 Å². The zero-order valence-electron chi connectivity index (χ0n) is 17.3. The van der Waals surface area contributed by atoms with E-state index in [9.17, 15) is 14.7 Å². The molecule has 0 unspecified atom stereocenters. The van der Waals surface area contributed by atoms with E-state index in [0.717, 1.165) is 24.0 Å². The van der Waals surface area contributed by atoms with Crippen LogP contribution in [0.2, 0.25) is 0 Å². The van der Waals surface area contributed by atoms with Gasteiger partial charge in [0.1, 0.15) is 0 Å². The molecule has 6 nitrogen and oxygen atoms in total. The van der Waals surface area contributed by atoms with Crippen LogP contribution in [0.25, 0.3) is 0 Å². The molecular formula is C24H29N3O3. The van der Waals surface area contributed by atoms with Gasteiger partial charge < -0.3 is 20.6 Å². The van der Waals surface area contributed by atoms with E-state index in [-0.39, 0.29) is 17.9 Å². The van der Waals surface area contributed by atoms with Gasteiger partial charge in [-0.25, -0.2) is 4.79 Å². The van der Waals surface area contributed by atoms with Crippen molar-refractivity contribution in [2.24, 2.45) is 5.92 Å². The second-order valence-electron chi connectivity index (χ2n) is 8.56. The number of benzene rings is 2. The second kappa shape index (κ2) is 8.48. The first-order valence-corrected chi connectivity index (χ1v) is 10.6. The highest BCUT2D eigenvalue weighted by Gasteiger charge is 2.48. The molecule has 3 amide bonds. The van der Waals surface area contributed by atoms with Gasteiger partial charge in [-0.1, -0.05) is 60.7 Å². The molecule has 1 saturated heterocycles. The minimum absolute atomic E-state index is 0.0273. The number of nitrogens with zero attached hydrogens (tertiary/aromatic N) is 1. The fourth-order valence-electron chi connectivity index (χ4n) is 4.14. The number of amides is 3. The van der Waals surface area contributed by atoms with Gasteiger partial charge in [0.2, 0.25) is 5.91 Å². The van der Waals surface area contributed by atoms with E-state index < -0.39 is 17.7 Å². The highest BCUT2D eigenvalue weighted by atomic mass is 16.3. The lowest BCUT2D eigenvalue weighted by Gasteiger charge is -2.49. The highest BCUT2D eigenvalue weighted by Crippen LogP contribution is 2.38. The molecule has 0 bridgehead atoms. The Morgan fingerprint density at radius 1 is 1.07 bits per heavy atom. The summed E-state index contributed by atoms with van der Waals surface area (Å²) in [5.41, 5.74) is 0.805. The number of aliphatic hydroxyl groups is 1. The van der Waals surface area contributed by atoms with Crippen molar-refractivity contribution in [1.29, 1.82) is 0 Å². The van der Waals surface area contributed by atoms with E-state index >= 15 is 0 Å². The molecule has 2 aliphatic rings. The third kappa shape index (κ3) is 4.49. The summed E-state index contributed by atoms with van der Waals surface area (Å²) in [4.78, 5) is 27.5. The summed E-state index contributed by atoms with van der Waals surface area (Å²) in [6, 6.07) is 18.2. The predicted molar refractivity (Wildman–Crippen MR) is 114 cm³/mol. The van der Waals surface area contributed by atoms with Gasteiger partial charge in [0, 0.05) is 19.0 Å². The first kappa shape index (κ1) is 20.4. The Morgan fingerprint density at radius 2 is 1.70 bits per heavy atom. The molecule has 1 aliphatic carbocycles. The van der Waals surface area contributed by atoms with Gasteiger partial charge >= 0.3 is 6.03 Å². The third-order valence-corrected chi connectivity index (χ3v) is 6.11. The van der Waals surface area contributed by atoms with Gasteiger partial charge in [-0.3, -0.25) is 4.79 Å². The Labute approximate surface area is 177 Å². The summed E-state index contributed by atoms with van der Waals surface area (Å²) >= 11 is 0. The molecule has 2 aromatic rings. The second-order valence-corrected chi connectivity index (χ2v) is 8.56. The SMILES string of the molecule is C[C@@]1(O)CCN(C(=O)NCc2ccccc2)[C@@H](c2ccccc2)[C@@H]1NC(=O)C1CC1. The summed E-state index contributed by atoms with van der Waals surface area (Å²) in [5.74, 6) is -0.00717. The molecule has 6 heteroatoms. The normalized spacial score (nSPS) is 26.1. The maximum absolute atomic E-state index is 13.2. The average molecular weight is 408 g/mol. The van der Waals surface area contributed by atoms with E-state index in [1.165, 1.54) is 0 Å². The minimum Gasteiger partial charge on any atom is -0.388 e. The largest absolute Gasteiger partial charge is 0.388 e. The molecule has 0 spiro atoms. The van der Waals surface area contributed by atoms with Crippen LogP contribution in [0.15, 0.2) is 60.7 Å². The maximum atomic E-state index is 13.2. The number of urea groups is 1. The van der Waals surface area contributed by atoms with Crippen LogP contribution in [0.4, 0.5) is 4.79 Å². The molecule has 158 valence electrons. The Hall–Kier alpha value is -2.86. The predicted octanol–water partition coefficient (Wildman–Crippen LogP) is 2.99. The molecular weight excluding hydrogens is 378 g/mol. The molecule has 2 aromatic carbocycles. The number of hydrogen-bond donors (Lipinski definition) is 3. The maximum Gasteiger partial charge on any atom is 0.318 e. The van der Waals surface area contributed by atoms with E-state index in [1.807, 2.05) is 60.7 Å². The van der Waals surface area contributed by atoms with Gasteiger partial charge in [-0.2, -0.15) is 0 Å². The molecule has 4 rings (SSSR count). The van der Waals surface area contributed by atoms with Crippen molar-refractivity contribution in [3.8, 4) is 0 Å². The minimum atomic E-state index is -1.11. The molecule has 1 heterocycles. The number of rotatable bonds is 5. The first-order chi connectivity index (χ1) is 14.5. The van der Waals surface area contributed by atoms with Crippen LogP contribution >= 0.6 is 0 Å². The van der Waals surface area contributed by atoms with Crippen LogP contribution in [-0.4, -0.2) is 40.1 Å². The summed E-state index contributed by atoms with van der Waals surface area (Å²) in [7, 11) is 0. The van der Waals surface area contributed by atoms with Gasteiger partial charge in [-0.05, 0) is 37.3 Å². The number of hydrogen-bond acceptors (Lipinski definition) is 3. The van der Waals surface area contributed by atoms with E-state index in [0.29, 0.717) is 19.5 Å². The average Bonchev–Trinajstić information content (AvgIpc) is 3.60. The monoisotopic (exact) mass is 407 g/mol. The molecule has 2 fully saturated rings. The standard InChI is InChI=1S/C24H29N3O3/c1-24(30)14-15-27(23(29)25-16-17-8-4-2-5-9-17)20(18-10-6-3-7-11-18)21(24)26-22(28)19-12-13-19/h2-11,19-21,30H,12-16H2,1H3,(H,25,29)(H,26,28)/t20-,21-,24+/m0/s1. The van der Waals surface area contributed by atoms with Crippen molar-refractivity contribution in [3.63, 3.8) is 0 Å². The van der Waals surface area contributed by atoms with Crippen molar-refractivity contribution in [1.82, 2.24) is 15.5 Å². The Morgan fingerprint density at radius 3 is 2.33 bits per heavy atom. The van der Waals surface area contributed by atoms with Crippen LogP contribution in [0.3, 0.4) is 0 Å². The van der Waals surface area contributed by atoms with Crippen LogP contribution in [0.1, 0.15) is 43.4 Å². The van der Waals surface area contributed by atoms with E-state index in [2.05, 4.69) is 10.6 Å². The van der Waals surface area contributed by atoms with Crippen molar-refractivity contribution >= 4 is 11.9 Å².